The standard InChI is InChI=1S/C52H74N10O14/c1-28(25-29(2)41(76-6)26-34-11-8-7-9-12-34)14-20-36-30(3)44(66)61-39(50(72)73)22-23-42(65)57-40(27-63)49(71)56-32(5)46(68)60-38(21-17-33-15-18-35(64)19-16-33)48(70)62-43(51(74)75)31(4)45(67)59-37(47(69)58-36)13-10-24-55-52(53)54/h7-9,11-12,14-16,18-20,25,29-32,36-41,43,63-64H,10,13,17,21-24,26-27H2,1-6H3,(H,56,71)(H,57,65)(H,58,69)(H,59,67)(H,60,68)(H,61,66)(H,62,70)(H,72,73)(H,74,75)(H4,53,54,55)/b20-14+,28-25+/t29-,30-,31-,32+,36?,37?,38-,39+,40?,41-,43?/m0/s1. The summed E-state index contributed by atoms with van der Waals surface area (Å²) in [5.74, 6) is -13.2. The first kappa shape index (κ1) is 62.4. The number of aliphatic hydroxyl groups is 1. The second kappa shape index (κ2) is 31.1. The van der Waals surface area contributed by atoms with Crippen LogP contribution in [-0.2, 0) is 60.7 Å². The van der Waals surface area contributed by atoms with Gasteiger partial charge in [0, 0.05) is 26.0 Å². The molecule has 24 nitrogen and oxygen atoms in total. The van der Waals surface area contributed by atoms with Crippen LogP contribution in [0.1, 0.15) is 77.8 Å². The molecule has 0 aliphatic carbocycles. The minimum absolute atomic E-state index is 0.00277. The molecule has 24 heteroatoms. The Kier molecular flexibility index (Phi) is 25.6. The molecule has 1 aliphatic rings. The predicted molar refractivity (Wildman–Crippen MR) is 278 cm³/mol. The zero-order valence-corrected chi connectivity index (χ0v) is 43.6. The molecule has 3 rings (SSSR count). The number of carboxylic acids is 2. The van der Waals surface area contributed by atoms with Gasteiger partial charge in [-0.1, -0.05) is 87.0 Å². The number of aliphatic hydroxyl groups excluding tert-OH is 1. The number of aryl methyl sites for hydroxylation is 1. The number of nitrogens with two attached hydrogens (primary N) is 2. The minimum atomic E-state index is -1.96. The first-order chi connectivity index (χ1) is 35.9. The average molecular weight is 1060 g/mol. The van der Waals surface area contributed by atoms with E-state index in [1.165, 1.54) is 39.0 Å². The first-order valence-corrected chi connectivity index (χ1v) is 24.9. The van der Waals surface area contributed by atoms with Crippen molar-refractivity contribution in [3.63, 3.8) is 0 Å². The van der Waals surface area contributed by atoms with Crippen molar-refractivity contribution in [2.24, 2.45) is 34.2 Å². The van der Waals surface area contributed by atoms with Gasteiger partial charge in [-0.3, -0.25) is 38.6 Å². The molecule has 2 aromatic carbocycles. The third-order valence-electron chi connectivity index (χ3n) is 12.7. The summed E-state index contributed by atoms with van der Waals surface area (Å²) in [6, 6.07) is 4.71. The molecule has 0 saturated carbocycles. The van der Waals surface area contributed by atoms with Crippen molar-refractivity contribution in [2.45, 2.75) is 128 Å². The lowest BCUT2D eigenvalue weighted by atomic mass is 9.94. The number of hydrogen-bond donors (Lipinski definition) is 13. The molecule has 416 valence electrons. The zero-order valence-electron chi connectivity index (χ0n) is 43.6. The summed E-state index contributed by atoms with van der Waals surface area (Å²) < 4.78 is 5.81. The van der Waals surface area contributed by atoms with Crippen LogP contribution in [0.5, 0.6) is 5.75 Å². The maximum Gasteiger partial charge on any atom is 0.327 e. The van der Waals surface area contributed by atoms with Crippen LogP contribution in [0.25, 0.3) is 0 Å². The Labute approximate surface area is 441 Å². The number of amides is 7. The van der Waals surface area contributed by atoms with E-state index < -0.39 is 127 Å². The fourth-order valence-corrected chi connectivity index (χ4v) is 8.03. The molecule has 0 radical (unpaired) electrons. The molecule has 0 bridgehead atoms. The van der Waals surface area contributed by atoms with E-state index in [4.69, 9.17) is 16.2 Å². The van der Waals surface area contributed by atoms with Gasteiger partial charge in [-0.25, -0.2) is 9.59 Å². The Bertz CT molecular complexity index is 2410. The smallest absolute Gasteiger partial charge is 0.327 e. The molecular weight excluding hydrogens is 989 g/mol. The number of aliphatic imine (C=N–C) groups is 1. The summed E-state index contributed by atoms with van der Waals surface area (Å²) >= 11 is 0. The Morgan fingerprint density at radius 1 is 0.737 bits per heavy atom. The molecule has 1 heterocycles. The number of guanidine groups is 1. The fraction of sp³-hybridized carbons (Fsp3) is 0.500. The Balaban J connectivity index is 2.12. The van der Waals surface area contributed by atoms with Crippen molar-refractivity contribution < 1.29 is 68.3 Å². The molecule has 7 amide bonds. The van der Waals surface area contributed by atoms with Crippen LogP contribution < -0.4 is 48.7 Å². The molecule has 1 fully saturated rings. The number of methoxy groups -OCH3 is 1. The number of carboxylic acid groups (broad SMARTS) is 2. The third kappa shape index (κ3) is 20.8. The molecule has 0 aromatic heterocycles. The number of phenols is 1. The lowest BCUT2D eigenvalue weighted by molar-refractivity contribution is -0.146. The topological polar surface area (TPSA) is 392 Å². The fourth-order valence-electron chi connectivity index (χ4n) is 8.03. The Morgan fingerprint density at radius 2 is 1.34 bits per heavy atom. The quantitative estimate of drug-likeness (QED) is 0.0408. The monoisotopic (exact) mass is 1060 g/mol. The highest BCUT2D eigenvalue weighted by Crippen LogP contribution is 2.19. The lowest BCUT2D eigenvalue weighted by Gasteiger charge is -2.28. The van der Waals surface area contributed by atoms with E-state index in [2.05, 4.69) is 42.2 Å². The number of ether oxygens (including phenoxy) is 1. The van der Waals surface area contributed by atoms with E-state index >= 15 is 0 Å². The van der Waals surface area contributed by atoms with Crippen LogP contribution in [0.3, 0.4) is 0 Å². The second-order valence-corrected chi connectivity index (χ2v) is 18.8. The number of carbonyl (C=O) groups excluding carboxylic acids is 7. The molecule has 1 saturated heterocycles. The van der Waals surface area contributed by atoms with Gasteiger partial charge >= 0.3 is 11.9 Å². The normalized spacial score (nSPS) is 25.1. The van der Waals surface area contributed by atoms with Gasteiger partial charge in [-0.15, -0.1) is 0 Å². The first-order valence-electron chi connectivity index (χ1n) is 24.9. The van der Waals surface area contributed by atoms with Crippen molar-refractivity contribution in [1.29, 1.82) is 0 Å². The Morgan fingerprint density at radius 3 is 1.95 bits per heavy atom. The lowest BCUT2D eigenvalue weighted by Crippen LogP contribution is -2.59. The number of carbonyl (C=O) groups is 9. The summed E-state index contributed by atoms with van der Waals surface area (Å²) in [6.45, 7) is 6.60. The third-order valence-corrected chi connectivity index (χ3v) is 12.7. The van der Waals surface area contributed by atoms with Crippen molar-refractivity contribution >= 4 is 59.2 Å². The van der Waals surface area contributed by atoms with E-state index in [9.17, 15) is 63.6 Å². The molecule has 1 aliphatic heterocycles. The number of allylic oxidation sites excluding steroid dienone is 2. The summed E-state index contributed by atoms with van der Waals surface area (Å²) in [4.78, 5) is 126. The summed E-state index contributed by atoms with van der Waals surface area (Å²) in [5, 5.41) is 57.5. The van der Waals surface area contributed by atoms with Gasteiger partial charge in [0.15, 0.2) is 5.96 Å². The highest BCUT2D eigenvalue weighted by atomic mass is 16.5. The highest BCUT2D eigenvalue weighted by molar-refractivity contribution is 5.97. The molecule has 2 aromatic rings. The van der Waals surface area contributed by atoms with Crippen molar-refractivity contribution in [1.82, 2.24) is 37.2 Å². The number of benzene rings is 2. The molecule has 4 unspecified atom stereocenters. The van der Waals surface area contributed by atoms with Gasteiger partial charge in [0.05, 0.1) is 30.6 Å². The van der Waals surface area contributed by atoms with Gasteiger partial charge in [-0.05, 0) is 75.6 Å². The highest BCUT2D eigenvalue weighted by Gasteiger charge is 2.37. The molecule has 15 N–H and O–H groups in total. The van der Waals surface area contributed by atoms with Crippen molar-refractivity contribution in [3.8, 4) is 5.75 Å². The second-order valence-electron chi connectivity index (χ2n) is 18.8. The number of nitrogens with zero attached hydrogens (tertiary/aromatic N) is 1. The van der Waals surface area contributed by atoms with Crippen LogP contribution in [0.15, 0.2) is 83.4 Å². The van der Waals surface area contributed by atoms with Crippen LogP contribution >= 0.6 is 0 Å². The molecule has 11 atom stereocenters. The number of aromatic hydroxyl groups is 1. The van der Waals surface area contributed by atoms with E-state index in [0.717, 1.165) is 5.56 Å². The maximum atomic E-state index is 14.4. The van der Waals surface area contributed by atoms with E-state index in [1.54, 1.807) is 32.2 Å². The van der Waals surface area contributed by atoms with Gasteiger partial charge in [0.1, 0.15) is 42.0 Å². The number of rotatable bonds is 17. The number of nitrogens with one attached hydrogen (secondary N) is 7. The number of aliphatic carboxylic acids is 2. The van der Waals surface area contributed by atoms with Crippen LogP contribution in [-0.4, -0.2) is 148 Å². The minimum Gasteiger partial charge on any atom is -0.508 e. The number of phenolic OH excluding ortho intramolecular Hbond substituents is 1. The van der Waals surface area contributed by atoms with Gasteiger partial charge in [0.25, 0.3) is 0 Å². The van der Waals surface area contributed by atoms with E-state index in [-0.39, 0.29) is 56.0 Å². The predicted octanol–water partition coefficient (Wildman–Crippen LogP) is -0.584. The molecule has 76 heavy (non-hydrogen) atoms. The van der Waals surface area contributed by atoms with Crippen LogP contribution in [0.4, 0.5) is 0 Å². The van der Waals surface area contributed by atoms with Crippen molar-refractivity contribution in [2.75, 3.05) is 20.3 Å². The van der Waals surface area contributed by atoms with Gasteiger partial charge in [0.2, 0.25) is 41.4 Å². The van der Waals surface area contributed by atoms with E-state index in [1.807, 2.05) is 43.3 Å². The average Bonchev–Trinajstić information content (AvgIpc) is 3.37. The van der Waals surface area contributed by atoms with E-state index in [0.29, 0.717) is 17.6 Å². The van der Waals surface area contributed by atoms with Gasteiger partial charge < -0.3 is 73.8 Å². The largest absolute Gasteiger partial charge is 0.508 e. The summed E-state index contributed by atoms with van der Waals surface area (Å²) in [6.07, 6.45) is 4.24. The number of hydrogen-bond acceptors (Lipinski definition) is 13. The summed E-state index contributed by atoms with van der Waals surface area (Å²) in [5.41, 5.74) is 13.4. The molecule has 0 spiro atoms. The molecular formula is C52H74N10O14. The van der Waals surface area contributed by atoms with Crippen molar-refractivity contribution in [3.05, 3.63) is 89.5 Å². The maximum absolute atomic E-state index is 14.4. The Hall–Kier alpha value is -7.86. The van der Waals surface area contributed by atoms with Crippen LogP contribution in [0.2, 0.25) is 0 Å². The van der Waals surface area contributed by atoms with Crippen LogP contribution in [0, 0.1) is 17.8 Å². The SMILES string of the molecule is CO[C@@H](Cc1ccccc1)[C@@H](C)/C=C(C)/C=C/C1NC(=O)C(CCCN=C(N)N)NC(=O)[C@@H](C)C(C(=O)O)NC(=O)[C@H](CCc2ccc(O)cc2)NC(=O)[C@@H](C)NC(=O)C(CO)NC(=O)CC[C@H](C(=O)O)NC(=O)[C@H]1C. The zero-order chi connectivity index (χ0) is 56.6. The van der Waals surface area contributed by atoms with Gasteiger partial charge in [-0.2, -0.15) is 0 Å². The summed E-state index contributed by atoms with van der Waals surface area (Å²) in [7, 11) is 1.60.